The first kappa shape index (κ1) is 18.6. The van der Waals surface area contributed by atoms with E-state index in [9.17, 15) is 4.79 Å². The first-order valence-electron chi connectivity index (χ1n) is 9.32. The van der Waals surface area contributed by atoms with Crippen molar-refractivity contribution < 1.29 is 14.3 Å². The van der Waals surface area contributed by atoms with Gasteiger partial charge in [0.05, 0.1) is 11.1 Å². The predicted octanol–water partition coefficient (Wildman–Crippen LogP) is 5.79. The summed E-state index contributed by atoms with van der Waals surface area (Å²) >= 11 is 5.20. The normalized spacial score (nSPS) is 17.0. The van der Waals surface area contributed by atoms with Crippen LogP contribution in [-0.2, 0) is 13.1 Å². The highest BCUT2D eigenvalue weighted by Gasteiger charge is 2.35. The number of hydrogen-bond donors (Lipinski definition) is 0. The summed E-state index contributed by atoms with van der Waals surface area (Å²) in [5, 5.41) is 2.08. The van der Waals surface area contributed by atoms with Crippen molar-refractivity contribution in [1.29, 1.82) is 0 Å². The van der Waals surface area contributed by atoms with Gasteiger partial charge in [0.2, 0.25) is 5.78 Å². The van der Waals surface area contributed by atoms with E-state index in [0.29, 0.717) is 30.3 Å². The molecule has 6 heteroatoms. The van der Waals surface area contributed by atoms with E-state index in [1.165, 1.54) is 4.88 Å². The fraction of sp³-hybridized carbons (Fsp3) is 0.174. The van der Waals surface area contributed by atoms with Gasteiger partial charge in [0, 0.05) is 22.4 Å². The third-order valence-corrected chi connectivity index (χ3v) is 6.45. The van der Waals surface area contributed by atoms with Gasteiger partial charge in [-0.05, 0) is 53.8 Å². The van der Waals surface area contributed by atoms with Gasteiger partial charge in [0.25, 0.3) is 0 Å². The van der Waals surface area contributed by atoms with Crippen molar-refractivity contribution in [3.8, 4) is 11.5 Å². The van der Waals surface area contributed by atoms with E-state index >= 15 is 0 Å². The van der Waals surface area contributed by atoms with E-state index in [1.54, 1.807) is 17.4 Å². The highest BCUT2D eigenvalue weighted by Crippen LogP contribution is 2.44. The zero-order chi connectivity index (χ0) is 20.0. The number of nitrogens with zero attached hydrogens (tertiary/aromatic N) is 1. The molecule has 0 aliphatic carbocycles. The summed E-state index contributed by atoms with van der Waals surface area (Å²) in [7, 11) is 0. The number of ketones is 1. The summed E-state index contributed by atoms with van der Waals surface area (Å²) in [5.74, 6) is 1.72. The van der Waals surface area contributed by atoms with Crippen LogP contribution < -0.4 is 9.47 Å². The lowest BCUT2D eigenvalue weighted by atomic mass is 9.98. The number of carbonyl (C=O) groups excluding carboxylic acids is 1. The molecule has 2 aliphatic heterocycles. The number of hydrogen-bond acceptors (Lipinski definition) is 5. The molecule has 3 aromatic rings. The van der Waals surface area contributed by atoms with Gasteiger partial charge in [-0.3, -0.25) is 9.69 Å². The minimum atomic E-state index is -0.0735. The maximum Gasteiger partial charge on any atom is 0.232 e. The van der Waals surface area contributed by atoms with Crippen molar-refractivity contribution in [2.75, 3.05) is 6.73 Å². The highest BCUT2D eigenvalue weighted by molar-refractivity contribution is 9.10. The maximum atomic E-state index is 13.1. The van der Waals surface area contributed by atoms with Crippen LogP contribution in [0.4, 0.5) is 0 Å². The number of aryl methyl sites for hydroxylation is 1. The van der Waals surface area contributed by atoms with Crippen LogP contribution in [0.5, 0.6) is 11.5 Å². The molecule has 0 N–H and O–H groups in total. The molecule has 5 rings (SSSR count). The second kappa shape index (κ2) is 7.44. The second-order valence-electron chi connectivity index (χ2n) is 7.21. The smallest absolute Gasteiger partial charge is 0.232 e. The zero-order valence-corrected chi connectivity index (χ0v) is 18.2. The van der Waals surface area contributed by atoms with Crippen LogP contribution in [0, 0.1) is 6.92 Å². The minimum Gasteiger partial charge on any atom is -0.478 e. The monoisotopic (exact) mass is 467 g/mol. The summed E-state index contributed by atoms with van der Waals surface area (Å²) in [6.45, 7) is 3.96. The molecule has 146 valence electrons. The topological polar surface area (TPSA) is 38.8 Å². The zero-order valence-electron chi connectivity index (χ0n) is 15.8. The Bertz CT molecular complexity index is 1140. The summed E-state index contributed by atoms with van der Waals surface area (Å²) in [6.07, 6.45) is 1.80. The Morgan fingerprint density at radius 3 is 2.93 bits per heavy atom. The molecule has 0 radical (unpaired) electrons. The van der Waals surface area contributed by atoms with Crippen molar-refractivity contribution in [2.24, 2.45) is 0 Å². The Morgan fingerprint density at radius 1 is 1.24 bits per heavy atom. The molecule has 0 atom stereocenters. The van der Waals surface area contributed by atoms with Crippen LogP contribution in [0.15, 0.2) is 58.1 Å². The van der Waals surface area contributed by atoms with Crippen molar-refractivity contribution in [3.63, 3.8) is 0 Å². The first-order valence-corrected chi connectivity index (χ1v) is 11.0. The molecule has 0 spiro atoms. The molecule has 29 heavy (non-hydrogen) atoms. The standard InChI is InChI=1S/C23H18BrNO3S/c1-14-8-19-18(12-25(13-27-19)11-17-6-3-7-29-17)23-21(14)22(26)20(28-23)10-15-4-2-5-16(24)9-15/h2-10H,11-13H2,1H3/b20-10-. The van der Waals surface area contributed by atoms with Crippen LogP contribution in [0.3, 0.4) is 0 Å². The number of ether oxygens (including phenoxy) is 2. The SMILES string of the molecule is Cc1cc2c(c3c1C(=O)/C(=C/c1cccc(Br)c1)O3)CN(Cc1cccs1)CO2. The molecule has 0 amide bonds. The van der Waals surface area contributed by atoms with Gasteiger partial charge < -0.3 is 9.47 Å². The molecule has 2 aliphatic rings. The number of rotatable bonds is 3. The molecule has 2 aromatic carbocycles. The Morgan fingerprint density at radius 2 is 2.14 bits per heavy atom. The van der Waals surface area contributed by atoms with Crippen LogP contribution >= 0.6 is 27.3 Å². The third kappa shape index (κ3) is 3.52. The van der Waals surface area contributed by atoms with E-state index in [2.05, 4.69) is 38.3 Å². The quantitative estimate of drug-likeness (QED) is 0.457. The van der Waals surface area contributed by atoms with Crippen LogP contribution in [-0.4, -0.2) is 17.4 Å². The van der Waals surface area contributed by atoms with E-state index in [-0.39, 0.29) is 5.78 Å². The molecular formula is C23H18BrNO3S. The summed E-state index contributed by atoms with van der Waals surface area (Å²) in [6, 6.07) is 13.9. The number of halogens is 1. The lowest BCUT2D eigenvalue weighted by Crippen LogP contribution is -2.31. The molecule has 0 saturated heterocycles. The Hall–Kier alpha value is -2.41. The molecule has 0 fully saturated rings. The van der Waals surface area contributed by atoms with Gasteiger partial charge in [-0.1, -0.05) is 34.1 Å². The second-order valence-corrected chi connectivity index (χ2v) is 9.16. The summed E-state index contributed by atoms with van der Waals surface area (Å²) in [4.78, 5) is 16.6. The lowest BCUT2D eigenvalue weighted by molar-refractivity contribution is 0.0881. The van der Waals surface area contributed by atoms with Gasteiger partial charge in [0.15, 0.2) is 5.76 Å². The molecule has 0 bridgehead atoms. The van der Waals surface area contributed by atoms with Gasteiger partial charge >= 0.3 is 0 Å². The lowest BCUT2D eigenvalue weighted by Gasteiger charge is -2.29. The van der Waals surface area contributed by atoms with Crippen LogP contribution in [0.25, 0.3) is 6.08 Å². The molecule has 4 nitrogen and oxygen atoms in total. The van der Waals surface area contributed by atoms with Gasteiger partial charge in [-0.2, -0.15) is 0 Å². The highest BCUT2D eigenvalue weighted by atomic mass is 79.9. The predicted molar refractivity (Wildman–Crippen MR) is 117 cm³/mol. The van der Waals surface area contributed by atoms with Gasteiger partial charge in [-0.15, -0.1) is 11.3 Å². The Labute approximate surface area is 181 Å². The van der Waals surface area contributed by atoms with E-state index in [0.717, 1.165) is 33.5 Å². The summed E-state index contributed by atoms with van der Waals surface area (Å²) < 4.78 is 13.1. The van der Waals surface area contributed by atoms with E-state index in [1.807, 2.05) is 37.3 Å². The maximum absolute atomic E-state index is 13.1. The average Bonchev–Trinajstić information content (AvgIpc) is 3.31. The molecule has 3 heterocycles. The fourth-order valence-electron chi connectivity index (χ4n) is 3.75. The molecule has 0 unspecified atom stereocenters. The number of Topliss-reactive ketones (excluding diaryl/α,β-unsaturated/α-hetero) is 1. The molecule has 1 aromatic heterocycles. The number of fused-ring (bicyclic) bond motifs is 3. The Kier molecular flexibility index (Phi) is 4.78. The van der Waals surface area contributed by atoms with Gasteiger partial charge in [-0.25, -0.2) is 0 Å². The fourth-order valence-corrected chi connectivity index (χ4v) is 4.91. The average molecular weight is 468 g/mol. The Balaban J connectivity index is 1.49. The van der Waals surface area contributed by atoms with Crippen molar-refractivity contribution in [2.45, 2.75) is 20.0 Å². The van der Waals surface area contributed by atoms with Crippen molar-refractivity contribution >= 4 is 39.1 Å². The number of allylic oxidation sites excluding steroid dienone is 1. The number of thiophene rings is 1. The number of carbonyl (C=O) groups is 1. The molecule has 0 saturated carbocycles. The van der Waals surface area contributed by atoms with Crippen LogP contribution in [0.1, 0.15) is 31.9 Å². The summed E-state index contributed by atoms with van der Waals surface area (Å²) in [5.41, 5.74) is 3.39. The van der Waals surface area contributed by atoms with Crippen molar-refractivity contribution in [3.05, 3.63) is 85.2 Å². The number of benzene rings is 2. The first-order chi connectivity index (χ1) is 14.1. The minimum absolute atomic E-state index is 0.0735. The van der Waals surface area contributed by atoms with E-state index in [4.69, 9.17) is 9.47 Å². The van der Waals surface area contributed by atoms with E-state index < -0.39 is 0 Å². The van der Waals surface area contributed by atoms with Crippen LogP contribution in [0.2, 0.25) is 0 Å². The molecular weight excluding hydrogens is 450 g/mol. The largest absolute Gasteiger partial charge is 0.478 e. The van der Waals surface area contributed by atoms with Gasteiger partial charge in [0.1, 0.15) is 18.2 Å². The third-order valence-electron chi connectivity index (χ3n) is 5.09. The van der Waals surface area contributed by atoms with Crippen molar-refractivity contribution in [1.82, 2.24) is 4.90 Å².